The Morgan fingerprint density at radius 1 is 0.844 bits per heavy atom. The predicted octanol–water partition coefficient (Wildman–Crippen LogP) is 8.26. The number of carboxylic acids is 1. The van der Waals surface area contributed by atoms with Crippen molar-refractivity contribution < 1.29 is 9.90 Å². The molecule has 32 heavy (non-hydrogen) atoms. The van der Waals surface area contributed by atoms with Gasteiger partial charge in [-0.05, 0) is 110 Å². The van der Waals surface area contributed by atoms with Crippen molar-refractivity contribution in [3.63, 3.8) is 0 Å². The molecule has 0 amide bonds. The van der Waals surface area contributed by atoms with E-state index >= 15 is 0 Å². The summed E-state index contributed by atoms with van der Waals surface area (Å²) in [5.41, 5.74) is 4.28. The molecular weight excluding hydrogens is 392 g/mol. The molecule has 7 atom stereocenters. The molecule has 5 aliphatic rings. The zero-order valence-corrected chi connectivity index (χ0v) is 21.9. The molecule has 1 N–H and O–H groups in total. The van der Waals surface area contributed by atoms with Crippen molar-refractivity contribution in [2.45, 2.75) is 119 Å². The fraction of sp³-hybridized carbons (Fsp3) is 0.900. The maximum atomic E-state index is 13.0. The smallest absolute Gasteiger partial charge is 0.310 e. The highest BCUT2D eigenvalue weighted by atomic mass is 16.4. The number of fused-ring (bicyclic) bond motifs is 6. The fourth-order valence-electron chi connectivity index (χ4n) is 11.2. The third-order valence-corrected chi connectivity index (χ3v) is 12.8. The lowest BCUT2D eigenvalue weighted by Gasteiger charge is -2.66. The van der Waals surface area contributed by atoms with E-state index in [4.69, 9.17) is 0 Å². The largest absolute Gasteiger partial charge is 0.481 e. The molecule has 0 aliphatic heterocycles. The van der Waals surface area contributed by atoms with E-state index in [-0.39, 0.29) is 10.8 Å². The Labute approximate surface area is 197 Å². The van der Waals surface area contributed by atoms with Crippen molar-refractivity contribution >= 4 is 5.97 Å². The van der Waals surface area contributed by atoms with Gasteiger partial charge in [0.25, 0.3) is 0 Å². The Kier molecular flexibility index (Phi) is 4.94. The summed E-state index contributed by atoms with van der Waals surface area (Å²) in [4.78, 5) is 13.0. The second-order valence-corrected chi connectivity index (χ2v) is 14.4. The molecule has 3 saturated carbocycles. The summed E-state index contributed by atoms with van der Waals surface area (Å²) in [5, 5.41) is 10.7. The molecule has 7 unspecified atom stereocenters. The third kappa shape index (κ3) is 2.56. The quantitative estimate of drug-likeness (QED) is 0.439. The van der Waals surface area contributed by atoms with Gasteiger partial charge in [0.2, 0.25) is 0 Å². The van der Waals surface area contributed by atoms with Gasteiger partial charge >= 0.3 is 5.97 Å². The highest BCUT2D eigenvalue weighted by Crippen LogP contribution is 2.76. The second kappa shape index (κ2) is 6.88. The summed E-state index contributed by atoms with van der Waals surface area (Å²) in [6.45, 7) is 17.3. The first-order valence-electron chi connectivity index (χ1n) is 13.8. The summed E-state index contributed by atoms with van der Waals surface area (Å²) in [5.74, 6) is 1.47. The molecule has 0 radical (unpaired) electrons. The highest BCUT2D eigenvalue weighted by Gasteiger charge is 2.70. The minimum Gasteiger partial charge on any atom is -0.481 e. The number of hydrogen-bond donors (Lipinski definition) is 1. The lowest BCUT2D eigenvalue weighted by Crippen LogP contribution is -2.60. The van der Waals surface area contributed by atoms with E-state index < -0.39 is 11.4 Å². The number of rotatable bonds is 2. The Morgan fingerprint density at radius 2 is 1.56 bits per heavy atom. The van der Waals surface area contributed by atoms with Gasteiger partial charge in [-0.25, -0.2) is 0 Å². The molecule has 180 valence electrons. The van der Waals surface area contributed by atoms with Gasteiger partial charge < -0.3 is 5.11 Å². The van der Waals surface area contributed by atoms with Crippen LogP contribution in [0.2, 0.25) is 0 Å². The summed E-state index contributed by atoms with van der Waals surface area (Å²) >= 11 is 0. The molecule has 0 aromatic heterocycles. The monoisotopic (exact) mass is 440 g/mol. The molecule has 0 aromatic carbocycles. The molecule has 5 aliphatic carbocycles. The van der Waals surface area contributed by atoms with Gasteiger partial charge in [0.05, 0.1) is 5.41 Å². The first-order valence-corrected chi connectivity index (χ1v) is 13.8. The number of allylic oxidation sites excluding steroid dienone is 2. The van der Waals surface area contributed by atoms with E-state index in [1.165, 1.54) is 44.9 Å². The van der Waals surface area contributed by atoms with Crippen LogP contribution in [-0.2, 0) is 4.79 Å². The van der Waals surface area contributed by atoms with Gasteiger partial charge in [-0.1, -0.05) is 66.0 Å². The van der Waals surface area contributed by atoms with Crippen LogP contribution in [0.3, 0.4) is 0 Å². The van der Waals surface area contributed by atoms with Crippen LogP contribution in [-0.4, -0.2) is 11.1 Å². The van der Waals surface area contributed by atoms with Crippen LogP contribution in [0, 0.1) is 50.7 Å². The van der Waals surface area contributed by atoms with Crippen molar-refractivity contribution in [2.24, 2.45) is 50.7 Å². The average molecular weight is 441 g/mol. The Morgan fingerprint density at radius 3 is 2.22 bits per heavy atom. The van der Waals surface area contributed by atoms with E-state index in [1.807, 2.05) is 5.57 Å². The third-order valence-electron chi connectivity index (χ3n) is 12.8. The lowest BCUT2D eigenvalue weighted by molar-refractivity contribution is -0.177. The first kappa shape index (κ1) is 23.0. The summed E-state index contributed by atoms with van der Waals surface area (Å²) in [6.07, 6.45) is 13.4. The topological polar surface area (TPSA) is 37.3 Å². The lowest BCUT2D eigenvalue weighted by atomic mass is 9.37. The standard InChI is InChI=1S/C30H48O2/c1-19(2)20-9-12-24-29(7)16-13-21-22(28(29,6)17-18-30(20,24)25(31)32)10-11-23-26(3,4)14-8-15-27(21,23)5/h19-20,23-24H,8-18H2,1-7H3,(H,31,32). The second-order valence-electron chi connectivity index (χ2n) is 14.4. The molecule has 0 heterocycles. The molecule has 0 saturated heterocycles. The number of carboxylic acid groups (broad SMARTS) is 1. The molecule has 0 spiro atoms. The summed E-state index contributed by atoms with van der Waals surface area (Å²) < 4.78 is 0. The van der Waals surface area contributed by atoms with Crippen LogP contribution in [0.25, 0.3) is 0 Å². The van der Waals surface area contributed by atoms with Crippen LogP contribution in [0.15, 0.2) is 11.1 Å². The van der Waals surface area contributed by atoms with E-state index in [1.54, 1.807) is 5.57 Å². The zero-order chi connectivity index (χ0) is 23.3. The zero-order valence-electron chi connectivity index (χ0n) is 21.9. The number of carbonyl (C=O) groups is 1. The van der Waals surface area contributed by atoms with Gasteiger partial charge in [-0.15, -0.1) is 0 Å². The molecule has 2 heteroatoms. The maximum absolute atomic E-state index is 13.0. The average Bonchev–Trinajstić information content (AvgIpc) is 3.11. The van der Waals surface area contributed by atoms with Gasteiger partial charge in [0.15, 0.2) is 0 Å². The van der Waals surface area contributed by atoms with Crippen LogP contribution in [0.1, 0.15) is 119 Å². The van der Waals surface area contributed by atoms with Gasteiger partial charge in [0.1, 0.15) is 0 Å². The van der Waals surface area contributed by atoms with Gasteiger partial charge in [0, 0.05) is 0 Å². The van der Waals surface area contributed by atoms with E-state index in [0.29, 0.717) is 28.6 Å². The van der Waals surface area contributed by atoms with E-state index in [0.717, 1.165) is 31.6 Å². The van der Waals surface area contributed by atoms with E-state index in [9.17, 15) is 9.90 Å². The van der Waals surface area contributed by atoms with Crippen LogP contribution in [0.4, 0.5) is 0 Å². The molecular formula is C30H48O2. The van der Waals surface area contributed by atoms with Crippen molar-refractivity contribution in [3.8, 4) is 0 Å². The SMILES string of the molecule is CC(C)C1CCC2C1(C(=O)O)CCC1(C)C3=C(CCC21C)C1(C)CCCC(C)(C)C1CC3. The minimum absolute atomic E-state index is 0.124. The Balaban J connectivity index is 1.61. The van der Waals surface area contributed by atoms with Crippen molar-refractivity contribution in [1.82, 2.24) is 0 Å². The van der Waals surface area contributed by atoms with Crippen molar-refractivity contribution in [1.29, 1.82) is 0 Å². The van der Waals surface area contributed by atoms with Gasteiger partial charge in [-0.2, -0.15) is 0 Å². The predicted molar refractivity (Wildman–Crippen MR) is 131 cm³/mol. The Bertz CT molecular complexity index is 851. The first-order chi connectivity index (χ1) is 14.8. The number of hydrogen-bond acceptors (Lipinski definition) is 1. The maximum Gasteiger partial charge on any atom is 0.310 e. The van der Waals surface area contributed by atoms with Crippen LogP contribution in [0.5, 0.6) is 0 Å². The highest BCUT2D eigenvalue weighted by molar-refractivity contribution is 5.77. The van der Waals surface area contributed by atoms with Gasteiger partial charge in [-0.3, -0.25) is 4.79 Å². The summed E-state index contributed by atoms with van der Waals surface area (Å²) in [7, 11) is 0. The minimum atomic E-state index is -0.492. The number of aliphatic carboxylic acids is 1. The van der Waals surface area contributed by atoms with E-state index in [2.05, 4.69) is 48.5 Å². The molecule has 5 rings (SSSR count). The normalized spacial score (nSPS) is 49.8. The Hall–Kier alpha value is -0.790. The fourth-order valence-corrected chi connectivity index (χ4v) is 11.2. The summed E-state index contributed by atoms with van der Waals surface area (Å²) in [6, 6.07) is 0. The van der Waals surface area contributed by atoms with Crippen LogP contribution >= 0.6 is 0 Å². The van der Waals surface area contributed by atoms with Crippen LogP contribution < -0.4 is 0 Å². The molecule has 0 aromatic rings. The van der Waals surface area contributed by atoms with Crippen molar-refractivity contribution in [2.75, 3.05) is 0 Å². The molecule has 2 nitrogen and oxygen atoms in total. The molecule has 3 fully saturated rings. The van der Waals surface area contributed by atoms with Crippen molar-refractivity contribution in [3.05, 3.63) is 11.1 Å². The molecule has 0 bridgehead atoms.